The summed E-state index contributed by atoms with van der Waals surface area (Å²) in [7, 11) is 0. The highest BCUT2D eigenvalue weighted by Gasteiger charge is 2.23. The number of rotatable bonds is 4. The molecular weight excluding hydrogens is 276 g/mol. The maximum absolute atomic E-state index is 9.23. The molecule has 0 radical (unpaired) electrons. The van der Waals surface area contributed by atoms with Gasteiger partial charge < -0.3 is 10.6 Å². The molecule has 2 fully saturated rings. The molecule has 2 aromatic heterocycles. The van der Waals surface area contributed by atoms with E-state index in [-0.39, 0.29) is 0 Å². The van der Waals surface area contributed by atoms with Gasteiger partial charge in [0.1, 0.15) is 11.9 Å². The van der Waals surface area contributed by atoms with Gasteiger partial charge in [0.2, 0.25) is 0 Å². The average Bonchev–Trinajstić information content (AvgIpc) is 3.25. The van der Waals surface area contributed by atoms with Gasteiger partial charge in [0.05, 0.1) is 11.9 Å². The third kappa shape index (κ3) is 2.59. The SMILES string of the molecule is N#Cc1cnc2c(NC3CC3)cc(NC3CCCCC3)nn12. The third-order valence-electron chi connectivity index (χ3n) is 4.48. The van der Waals surface area contributed by atoms with Crippen molar-refractivity contribution < 1.29 is 0 Å². The van der Waals surface area contributed by atoms with E-state index in [0.29, 0.717) is 17.8 Å². The Morgan fingerprint density at radius 2 is 1.86 bits per heavy atom. The molecule has 0 bridgehead atoms. The summed E-state index contributed by atoms with van der Waals surface area (Å²) in [4.78, 5) is 4.35. The number of fused-ring (bicyclic) bond motifs is 1. The second kappa shape index (κ2) is 5.48. The standard InChI is InChI=1S/C16H20N6/c17-9-13-10-18-16-14(19-12-6-7-12)8-15(21-22(13)16)20-11-4-2-1-3-5-11/h8,10-12,19H,1-7H2,(H,20,21). The molecule has 0 amide bonds. The summed E-state index contributed by atoms with van der Waals surface area (Å²) < 4.78 is 1.65. The predicted octanol–water partition coefficient (Wildman–Crippen LogP) is 2.92. The molecule has 0 unspecified atom stereocenters. The van der Waals surface area contributed by atoms with Crippen molar-refractivity contribution in [2.45, 2.75) is 57.0 Å². The van der Waals surface area contributed by atoms with Crippen LogP contribution >= 0.6 is 0 Å². The number of nitrogens with zero attached hydrogens (tertiary/aromatic N) is 4. The molecule has 2 heterocycles. The first-order chi connectivity index (χ1) is 10.8. The molecule has 6 heteroatoms. The quantitative estimate of drug-likeness (QED) is 0.907. The van der Waals surface area contributed by atoms with E-state index in [1.165, 1.54) is 44.9 Å². The molecule has 0 atom stereocenters. The minimum atomic E-state index is 0.473. The normalized spacial score (nSPS) is 19.0. The molecule has 2 aliphatic carbocycles. The third-order valence-corrected chi connectivity index (χ3v) is 4.48. The summed E-state index contributed by atoms with van der Waals surface area (Å²) in [6.45, 7) is 0. The van der Waals surface area contributed by atoms with Crippen molar-refractivity contribution in [3.8, 4) is 6.07 Å². The lowest BCUT2D eigenvalue weighted by Crippen LogP contribution is -2.23. The number of nitrogens with one attached hydrogen (secondary N) is 2. The first-order valence-electron chi connectivity index (χ1n) is 8.15. The first-order valence-corrected chi connectivity index (χ1v) is 8.15. The Labute approximate surface area is 129 Å². The monoisotopic (exact) mass is 296 g/mol. The highest BCUT2D eigenvalue weighted by atomic mass is 15.3. The van der Waals surface area contributed by atoms with Crippen LogP contribution in [0.5, 0.6) is 0 Å². The largest absolute Gasteiger partial charge is 0.379 e. The van der Waals surface area contributed by atoms with E-state index >= 15 is 0 Å². The molecule has 0 saturated heterocycles. The van der Waals surface area contributed by atoms with Gasteiger partial charge in [-0.05, 0) is 25.7 Å². The molecule has 22 heavy (non-hydrogen) atoms. The van der Waals surface area contributed by atoms with E-state index in [0.717, 1.165) is 17.2 Å². The van der Waals surface area contributed by atoms with Crippen molar-refractivity contribution in [3.63, 3.8) is 0 Å². The number of anilines is 2. The van der Waals surface area contributed by atoms with Gasteiger partial charge in [-0.3, -0.25) is 0 Å². The number of hydrogen-bond acceptors (Lipinski definition) is 5. The van der Waals surface area contributed by atoms with Crippen LogP contribution in [-0.2, 0) is 0 Å². The highest BCUT2D eigenvalue weighted by Crippen LogP contribution is 2.29. The topological polar surface area (TPSA) is 78.0 Å². The van der Waals surface area contributed by atoms with Crippen molar-refractivity contribution in [2.75, 3.05) is 10.6 Å². The molecule has 2 saturated carbocycles. The Morgan fingerprint density at radius 3 is 2.59 bits per heavy atom. The van der Waals surface area contributed by atoms with Crippen molar-refractivity contribution in [2.24, 2.45) is 0 Å². The minimum Gasteiger partial charge on any atom is -0.379 e. The Morgan fingerprint density at radius 1 is 1.09 bits per heavy atom. The van der Waals surface area contributed by atoms with E-state index in [9.17, 15) is 5.26 Å². The fourth-order valence-electron chi connectivity index (χ4n) is 3.13. The molecule has 0 aliphatic heterocycles. The Hall–Kier alpha value is -2.29. The molecule has 2 aromatic rings. The van der Waals surface area contributed by atoms with Crippen LogP contribution in [-0.4, -0.2) is 26.7 Å². The molecule has 2 aliphatic rings. The smallest absolute Gasteiger partial charge is 0.178 e. The number of aromatic nitrogens is 3. The van der Waals surface area contributed by atoms with Gasteiger partial charge in [0.25, 0.3) is 0 Å². The van der Waals surface area contributed by atoms with Crippen LogP contribution in [0.2, 0.25) is 0 Å². The zero-order chi connectivity index (χ0) is 14.9. The van der Waals surface area contributed by atoms with Crippen molar-refractivity contribution in [1.82, 2.24) is 14.6 Å². The highest BCUT2D eigenvalue weighted by molar-refractivity contribution is 5.72. The summed E-state index contributed by atoms with van der Waals surface area (Å²) >= 11 is 0. The van der Waals surface area contributed by atoms with Crippen molar-refractivity contribution >= 4 is 17.2 Å². The van der Waals surface area contributed by atoms with Crippen LogP contribution in [0.25, 0.3) is 5.65 Å². The van der Waals surface area contributed by atoms with Crippen LogP contribution in [0.4, 0.5) is 11.5 Å². The summed E-state index contributed by atoms with van der Waals surface area (Å²) in [5, 5.41) is 20.8. The summed E-state index contributed by atoms with van der Waals surface area (Å²) in [5.41, 5.74) is 2.18. The molecule has 0 spiro atoms. The maximum atomic E-state index is 9.23. The van der Waals surface area contributed by atoms with Gasteiger partial charge in [-0.1, -0.05) is 19.3 Å². The van der Waals surface area contributed by atoms with E-state index < -0.39 is 0 Å². The Kier molecular flexibility index (Phi) is 3.34. The first kappa shape index (κ1) is 13.4. The Balaban J connectivity index is 1.68. The average molecular weight is 296 g/mol. The van der Waals surface area contributed by atoms with Crippen LogP contribution < -0.4 is 10.6 Å². The van der Waals surface area contributed by atoms with Gasteiger partial charge in [-0.25, -0.2) is 4.98 Å². The zero-order valence-corrected chi connectivity index (χ0v) is 12.5. The second-order valence-electron chi connectivity index (χ2n) is 6.33. The van der Waals surface area contributed by atoms with E-state index in [1.54, 1.807) is 10.7 Å². The molecular formula is C16H20N6. The van der Waals surface area contributed by atoms with E-state index in [4.69, 9.17) is 0 Å². The van der Waals surface area contributed by atoms with E-state index in [1.807, 2.05) is 6.07 Å². The summed E-state index contributed by atoms with van der Waals surface area (Å²) in [6, 6.07) is 5.22. The lowest BCUT2D eigenvalue weighted by molar-refractivity contribution is 0.461. The molecule has 114 valence electrons. The lowest BCUT2D eigenvalue weighted by atomic mass is 9.95. The molecule has 2 N–H and O–H groups in total. The molecule has 4 rings (SSSR count). The fourth-order valence-corrected chi connectivity index (χ4v) is 3.13. The van der Waals surface area contributed by atoms with Crippen LogP contribution in [0.1, 0.15) is 50.6 Å². The molecule has 0 aromatic carbocycles. The Bertz CT molecular complexity index is 718. The number of imidazole rings is 1. The minimum absolute atomic E-state index is 0.473. The maximum Gasteiger partial charge on any atom is 0.178 e. The summed E-state index contributed by atoms with van der Waals surface area (Å²) in [6.07, 6.45) is 10.3. The van der Waals surface area contributed by atoms with E-state index in [2.05, 4.69) is 26.8 Å². The zero-order valence-electron chi connectivity index (χ0n) is 12.5. The second-order valence-corrected chi connectivity index (χ2v) is 6.33. The van der Waals surface area contributed by atoms with Gasteiger partial charge >= 0.3 is 0 Å². The predicted molar refractivity (Wildman–Crippen MR) is 84.8 cm³/mol. The molecule has 6 nitrogen and oxygen atoms in total. The fraction of sp³-hybridized carbons (Fsp3) is 0.562. The number of nitriles is 1. The van der Waals surface area contributed by atoms with Crippen LogP contribution in [0.15, 0.2) is 12.3 Å². The van der Waals surface area contributed by atoms with Crippen LogP contribution in [0.3, 0.4) is 0 Å². The van der Waals surface area contributed by atoms with Crippen molar-refractivity contribution in [1.29, 1.82) is 5.26 Å². The van der Waals surface area contributed by atoms with Gasteiger partial charge in [0.15, 0.2) is 11.3 Å². The lowest BCUT2D eigenvalue weighted by Gasteiger charge is -2.23. The van der Waals surface area contributed by atoms with Crippen LogP contribution in [0, 0.1) is 11.3 Å². The van der Waals surface area contributed by atoms with Crippen molar-refractivity contribution in [3.05, 3.63) is 18.0 Å². The van der Waals surface area contributed by atoms with Gasteiger partial charge in [-0.2, -0.15) is 9.78 Å². The van der Waals surface area contributed by atoms with Gasteiger partial charge in [-0.15, -0.1) is 5.10 Å². The summed E-state index contributed by atoms with van der Waals surface area (Å²) in [5.74, 6) is 0.831. The number of hydrogen-bond donors (Lipinski definition) is 2. The van der Waals surface area contributed by atoms with Gasteiger partial charge in [0, 0.05) is 18.2 Å².